The number of rotatable bonds is 7. The van der Waals surface area contributed by atoms with Gasteiger partial charge in [0.15, 0.2) is 5.17 Å². The van der Waals surface area contributed by atoms with Crippen LogP contribution in [0.1, 0.15) is 17.7 Å². The van der Waals surface area contributed by atoms with Crippen molar-refractivity contribution in [3.05, 3.63) is 84.1 Å². The number of amides is 3. The summed E-state index contributed by atoms with van der Waals surface area (Å²) in [5.74, 6) is -0.566. The molecule has 2 N–H and O–H groups in total. The third-order valence-electron chi connectivity index (χ3n) is 5.49. The Hall–Kier alpha value is -4.25. The van der Waals surface area contributed by atoms with E-state index >= 15 is 0 Å². The van der Waals surface area contributed by atoms with Crippen molar-refractivity contribution in [1.29, 1.82) is 0 Å². The van der Waals surface area contributed by atoms with Crippen molar-refractivity contribution < 1.29 is 23.2 Å². The van der Waals surface area contributed by atoms with Crippen molar-refractivity contribution in [3.63, 3.8) is 0 Å². The number of carbonyl (C=O) groups is 3. The summed E-state index contributed by atoms with van der Waals surface area (Å²) < 4.78 is 18.4. The summed E-state index contributed by atoms with van der Waals surface area (Å²) in [7, 11) is 0. The maximum atomic E-state index is 13.1. The first kappa shape index (κ1) is 23.5. The van der Waals surface area contributed by atoms with Gasteiger partial charge in [-0.1, -0.05) is 23.9 Å². The number of thioether (sulfide) groups is 1. The Labute approximate surface area is 209 Å². The minimum Gasteiger partial charge on any atom is -0.467 e. The average molecular weight is 506 g/mol. The number of fused-ring (bicyclic) bond motifs is 3. The lowest BCUT2D eigenvalue weighted by atomic mass is 10.1. The standard InChI is InChI=1S/C25H20FN5O4S/c26-15-7-9-16(10-8-15)28-22(33)14-36-25-29-19-6-2-1-5-18(19)23-30-24(34)20(31(23)25)12-21(32)27-13-17-4-3-11-35-17/h1-11,20H,12-14H2,(H,27,32)(H,28,33). The molecule has 0 saturated heterocycles. The van der Waals surface area contributed by atoms with Gasteiger partial charge in [-0.2, -0.15) is 4.99 Å². The fraction of sp³-hybridized carbons (Fsp3) is 0.160. The van der Waals surface area contributed by atoms with Crippen LogP contribution in [0.5, 0.6) is 0 Å². The summed E-state index contributed by atoms with van der Waals surface area (Å²) >= 11 is 1.12. The van der Waals surface area contributed by atoms with Crippen LogP contribution < -0.4 is 10.6 Å². The molecular formula is C25H20FN5O4S. The van der Waals surface area contributed by atoms with Crippen LogP contribution in [-0.2, 0) is 20.9 Å². The highest BCUT2D eigenvalue weighted by atomic mass is 32.2. The van der Waals surface area contributed by atoms with Crippen LogP contribution in [0.15, 0.2) is 81.3 Å². The van der Waals surface area contributed by atoms with Gasteiger partial charge in [0.1, 0.15) is 23.5 Å². The van der Waals surface area contributed by atoms with Crippen molar-refractivity contribution in [3.8, 4) is 0 Å². The van der Waals surface area contributed by atoms with Crippen LogP contribution in [0.25, 0.3) is 0 Å². The number of halogens is 1. The highest BCUT2D eigenvalue weighted by Crippen LogP contribution is 2.34. The van der Waals surface area contributed by atoms with E-state index in [1.54, 1.807) is 29.2 Å². The number of nitrogens with zero attached hydrogens (tertiary/aromatic N) is 3. The number of hydrogen-bond donors (Lipinski definition) is 2. The smallest absolute Gasteiger partial charge is 0.271 e. The molecule has 3 amide bonds. The zero-order valence-electron chi connectivity index (χ0n) is 18.8. The van der Waals surface area contributed by atoms with E-state index in [4.69, 9.17) is 4.42 Å². The molecule has 0 saturated carbocycles. The molecule has 36 heavy (non-hydrogen) atoms. The zero-order valence-corrected chi connectivity index (χ0v) is 19.6. The molecule has 182 valence electrons. The molecule has 2 aliphatic rings. The summed E-state index contributed by atoms with van der Waals surface area (Å²) in [4.78, 5) is 48.5. The number of para-hydroxylation sites is 1. The molecule has 2 aliphatic heterocycles. The third kappa shape index (κ3) is 5.05. The molecule has 0 spiro atoms. The molecule has 0 aliphatic carbocycles. The maximum Gasteiger partial charge on any atom is 0.271 e. The molecule has 3 aromatic rings. The second-order valence-corrected chi connectivity index (χ2v) is 8.92. The average Bonchev–Trinajstić information content (AvgIpc) is 3.51. The summed E-state index contributed by atoms with van der Waals surface area (Å²) in [6.07, 6.45) is 1.37. The lowest BCUT2D eigenvalue weighted by Gasteiger charge is -2.30. The van der Waals surface area contributed by atoms with E-state index in [1.807, 2.05) is 12.1 Å². The third-order valence-corrected chi connectivity index (χ3v) is 6.44. The molecule has 11 heteroatoms. The van der Waals surface area contributed by atoms with E-state index in [1.165, 1.54) is 30.5 Å². The minimum atomic E-state index is -0.892. The molecule has 0 fully saturated rings. The quantitative estimate of drug-likeness (QED) is 0.508. The van der Waals surface area contributed by atoms with Gasteiger partial charge in [0.25, 0.3) is 5.91 Å². The number of aliphatic imine (C=N–C) groups is 2. The second-order valence-electron chi connectivity index (χ2n) is 7.97. The second kappa shape index (κ2) is 10.2. The van der Waals surface area contributed by atoms with Gasteiger partial charge in [-0.3, -0.25) is 19.3 Å². The normalized spacial score (nSPS) is 16.1. The summed E-state index contributed by atoms with van der Waals surface area (Å²) in [5.41, 5.74) is 1.75. The van der Waals surface area contributed by atoms with Gasteiger partial charge in [-0.25, -0.2) is 9.38 Å². The van der Waals surface area contributed by atoms with Gasteiger partial charge in [-0.15, -0.1) is 0 Å². The summed E-state index contributed by atoms with van der Waals surface area (Å²) in [5, 5.41) is 5.83. The van der Waals surface area contributed by atoms with Crippen LogP contribution in [0, 0.1) is 5.82 Å². The monoisotopic (exact) mass is 505 g/mol. The van der Waals surface area contributed by atoms with Crippen molar-refractivity contribution >= 4 is 51.9 Å². The predicted molar refractivity (Wildman–Crippen MR) is 133 cm³/mol. The maximum absolute atomic E-state index is 13.1. The number of carbonyl (C=O) groups excluding carboxylic acids is 3. The Morgan fingerprint density at radius 1 is 1.03 bits per heavy atom. The first-order valence-corrected chi connectivity index (χ1v) is 12.0. The van der Waals surface area contributed by atoms with Gasteiger partial charge < -0.3 is 15.1 Å². The molecule has 9 nitrogen and oxygen atoms in total. The minimum absolute atomic E-state index is 0.0201. The number of amidine groups is 2. The van der Waals surface area contributed by atoms with Crippen molar-refractivity contribution in [2.24, 2.45) is 9.98 Å². The van der Waals surface area contributed by atoms with Crippen LogP contribution in [0.2, 0.25) is 0 Å². The first-order valence-electron chi connectivity index (χ1n) is 11.0. The fourth-order valence-electron chi connectivity index (χ4n) is 3.81. The Balaban J connectivity index is 1.31. The Morgan fingerprint density at radius 3 is 2.61 bits per heavy atom. The molecule has 1 aromatic heterocycles. The molecule has 0 radical (unpaired) electrons. The lowest BCUT2D eigenvalue weighted by Crippen LogP contribution is -2.46. The summed E-state index contributed by atoms with van der Waals surface area (Å²) in [6.45, 7) is 0.197. The van der Waals surface area contributed by atoms with E-state index in [9.17, 15) is 18.8 Å². The number of nitrogens with one attached hydrogen (secondary N) is 2. The molecular weight excluding hydrogens is 485 g/mol. The number of benzene rings is 2. The fourth-order valence-corrected chi connectivity index (χ4v) is 4.66. The molecule has 5 rings (SSSR count). The van der Waals surface area contributed by atoms with Crippen molar-refractivity contribution in [1.82, 2.24) is 10.2 Å². The Morgan fingerprint density at radius 2 is 1.83 bits per heavy atom. The SMILES string of the molecule is O=C(CC1C(=O)N=C2c3ccccc3N=C(SCC(=O)Nc3ccc(F)cc3)N21)NCc1ccco1. The highest BCUT2D eigenvalue weighted by Gasteiger charge is 2.42. The van der Waals surface area contributed by atoms with Gasteiger partial charge in [-0.05, 0) is 48.5 Å². The lowest BCUT2D eigenvalue weighted by molar-refractivity contribution is -0.126. The van der Waals surface area contributed by atoms with E-state index in [0.717, 1.165) is 11.8 Å². The van der Waals surface area contributed by atoms with E-state index in [0.29, 0.717) is 33.7 Å². The molecule has 0 bridgehead atoms. The molecule has 3 heterocycles. The van der Waals surface area contributed by atoms with Gasteiger partial charge >= 0.3 is 0 Å². The van der Waals surface area contributed by atoms with Gasteiger partial charge in [0.2, 0.25) is 11.8 Å². The van der Waals surface area contributed by atoms with E-state index in [-0.39, 0.29) is 30.5 Å². The van der Waals surface area contributed by atoms with Crippen LogP contribution in [0.3, 0.4) is 0 Å². The van der Waals surface area contributed by atoms with Crippen LogP contribution in [0.4, 0.5) is 15.8 Å². The first-order chi connectivity index (χ1) is 17.5. The molecule has 1 atom stereocenters. The number of furan rings is 1. The Bertz CT molecular complexity index is 1370. The van der Waals surface area contributed by atoms with Crippen LogP contribution >= 0.6 is 11.8 Å². The van der Waals surface area contributed by atoms with Crippen molar-refractivity contribution in [2.45, 2.75) is 19.0 Å². The van der Waals surface area contributed by atoms with E-state index < -0.39 is 17.8 Å². The zero-order chi connectivity index (χ0) is 25.1. The van der Waals surface area contributed by atoms with Gasteiger partial charge in [0, 0.05) is 11.3 Å². The predicted octanol–water partition coefficient (Wildman–Crippen LogP) is 3.46. The largest absolute Gasteiger partial charge is 0.467 e. The Kier molecular flexibility index (Phi) is 6.63. The highest BCUT2D eigenvalue weighted by molar-refractivity contribution is 8.14. The van der Waals surface area contributed by atoms with E-state index in [2.05, 4.69) is 20.6 Å². The van der Waals surface area contributed by atoms with Crippen LogP contribution in [-0.4, -0.2) is 45.4 Å². The summed E-state index contributed by atoms with van der Waals surface area (Å²) in [6, 6.07) is 15.2. The van der Waals surface area contributed by atoms with Gasteiger partial charge in [0.05, 0.1) is 30.7 Å². The molecule has 2 aromatic carbocycles. The topological polar surface area (TPSA) is 116 Å². The molecule has 1 unspecified atom stereocenters. The van der Waals surface area contributed by atoms with Crippen molar-refractivity contribution in [2.75, 3.05) is 11.1 Å². The number of hydrogen-bond acceptors (Lipinski definition) is 7. The number of anilines is 1.